The molecule has 6 nitrogen and oxygen atoms in total. The minimum Gasteiger partial charge on any atom is -0.357 e. The number of aliphatic imine (C=N–C) groups is 1. The summed E-state index contributed by atoms with van der Waals surface area (Å²) in [5.74, 6) is 1.09. The van der Waals surface area contributed by atoms with Gasteiger partial charge in [-0.15, -0.1) is 11.3 Å². The van der Waals surface area contributed by atoms with Crippen molar-refractivity contribution >= 4 is 23.2 Å². The lowest BCUT2D eigenvalue weighted by Crippen LogP contribution is -2.45. The van der Waals surface area contributed by atoms with E-state index in [9.17, 15) is 4.79 Å². The Labute approximate surface area is 142 Å². The smallest absolute Gasteiger partial charge is 0.225 e. The Morgan fingerprint density at radius 3 is 2.96 bits per heavy atom. The van der Waals surface area contributed by atoms with E-state index in [0.717, 1.165) is 37.0 Å². The molecule has 0 aliphatic carbocycles. The molecule has 2 N–H and O–H groups in total. The van der Waals surface area contributed by atoms with E-state index in [1.165, 1.54) is 4.88 Å². The molecule has 1 aliphatic rings. The number of thiazole rings is 1. The summed E-state index contributed by atoms with van der Waals surface area (Å²) >= 11 is 1.67. The van der Waals surface area contributed by atoms with Crippen LogP contribution in [0.5, 0.6) is 0 Å². The topological polar surface area (TPSA) is 69.6 Å². The molecule has 1 aliphatic heterocycles. The molecule has 1 fully saturated rings. The number of hydrogen-bond donors (Lipinski definition) is 2. The average Bonchev–Trinajstić information content (AvgIpc) is 3.13. The second kappa shape index (κ2) is 8.29. The number of rotatable bonds is 5. The van der Waals surface area contributed by atoms with Crippen LogP contribution in [0.15, 0.2) is 11.2 Å². The monoisotopic (exact) mass is 337 g/mol. The fourth-order valence-electron chi connectivity index (χ4n) is 2.58. The third kappa shape index (κ3) is 5.20. The zero-order valence-electron chi connectivity index (χ0n) is 14.4. The molecule has 0 aromatic carbocycles. The summed E-state index contributed by atoms with van der Waals surface area (Å²) in [6, 6.07) is 0.258. The number of aryl methyl sites for hydroxylation is 1. The Bertz CT molecular complexity index is 554. The number of carbonyl (C=O) groups excluding carboxylic acids is 1. The molecule has 0 radical (unpaired) electrons. The normalized spacial score (nSPS) is 18.6. The molecule has 1 atom stereocenters. The standard InChI is InChI=1S/C16H27N5OS/c1-5-17-16(19-9-14-18-8-12(4)23-14)20-13-6-7-21(10-13)15(22)11(2)3/h8,11,13H,5-7,9-10H2,1-4H3,(H2,17,19,20). The van der Waals surface area contributed by atoms with Gasteiger partial charge in [0.25, 0.3) is 0 Å². The van der Waals surface area contributed by atoms with E-state index in [4.69, 9.17) is 0 Å². The number of hydrogen-bond acceptors (Lipinski definition) is 4. The molecule has 2 heterocycles. The minimum atomic E-state index is 0.0591. The lowest BCUT2D eigenvalue weighted by atomic mass is 10.2. The van der Waals surface area contributed by atoms with Crippen LogP contribution in [0.4, 0.5) is 0 Å². The maximum absolute atomic E-state index is 12.1. The summed E-state index contributed by atoms with van der Waals surface area (Å²) in [6.45, 7) is 11.0. The van der Waals surface area contributed by atoms with Gasteiger partial charge in [-0.25, -0.2) is 9.98 Å². The van der Waals surface area contributed by atoms with Gasteiger partial charge in [0.15, 0.2) is 5.96 Å². The summed E-state index contributed by atoms with van der Waals surface area (Å²) in [5, 5.41) is 7.72. The maximum atomic E-state index is 12.1. The SMILES string of the molecule is CCNC(=NCc1ncc(C)s1)NC1CCN(C(=O)C(C)C)C1. The van der Waals surface area contributed by atoms with Crippen molar-refractivity contribution in [2.75, 3.05) is 19.6 Å². The minimum absolute atomic E-state index is 0.0591. The number of carbonyl (C=O) groups is 1. The number of likely N-dealkylation sites (tertiary alicyclic amines) is 1. The van der Waals surface area contributed by atoms with E-state index in [1.807, 2.05) is 38.8 Å². The molecular weight excluding hydrogens is 310 g/mol. The molecule has 1 aromatic heterocycles. The van der Waals surface area contributed by atoms with Crippen molar-refractivity contribution < 1.29 is 4.79 Å². The number of aromatic nitrogens is 1. The Hall–Kier alpha value is -1.63. The van der Waals surface area contributed by atoms with Crippen molar-refractivity contribution in [1.82, 2.24) is 20.5 Å². The highest BCUT2D eigenvalue weighted by atomic mass is 32.1. The fourth-order valence-corrected chi connectivity index (χ4v) is 3.29. The molecule has 1 aromatic rings. The van der Waals surface area contributed by atoms with E-state index >= 15 is 0 Å². The molecule has 128 valence electrons. The summed E-state index contributed by atoms with van der Waals surface area (Å²) in [5.41, 5.74) is 0. The first kappa shape index (κ1) is 17.7. The molecule has 1 saturated heterocycles. The lowest BCUT2D eigenvalue weighted by Gasteiger charge is -2.20. The van der Waals surface area contributed by atoms with Gasteiger partial charge in [0.2, 0.25) is 5.91 Å². The highest BCUT2D eigenvalue weighted by molar-refractivity contribution is 7.11. The van der Waals surface area contributed by atoms with E-state index in [1.54, 1.807) is 11.3 Å². The zero-order chi connectivity index (χ0) is 16.8. The van der Waals surface area contributed by atoms with E-state index in [0.29, 0.717) is 6.54 Å². The number of guanidine groups is 1. The molecule has 0 saturated carbocycles. The molecule has 0 bridgehead atoms. The van der Waals surface area contributed by atoms with Crippen LogP contribution >= 0.6 is 11.3 Å². The second-order valence-electron chi connectivity index (χ2n) is 6.13. The fraction of sp³-hybridized carbons (Fsp3) is 0.688. The van der Waals surface area contributed by atoms with E-state index in [-0.39, 0.29) is 17.9 Å². The van der Waals surface area contributed by atoms with Crippen molar-refractivity contribution in [3.8, 4) is 0 Å². The summed E-state index contributed by atoms with van der Waals surface area (Å²) in [4.78, 5) is 24.1. The molecule has 2 rings (SSSR count). The third-order valence-electron chi connectivity index (χ3n) is 3.72. The predicted octanol–water partition coefficient (Wildman–Crippen LogP) is 1.76. The van der Waals surface area contributed by atoms with Gasteiger partial charge in [0, 0.05) is 42.7 Å². The summed E-state index contributed by atoms with van der Waals surface area (Å²) in [6.07, 6.45) is 2.83. The molecule has 23 heavy (non-hydrogen) atoms. The first-order valence-electron chi connectivity index (χ1n) is 8.24. The van der Waals surface area contributed by atoms with Crippen molar-refractivity contribution in [3.63, 3.8) is 0 Å². The molecule has 1 amide bonds. The van der Waals surface area contributed by atoms with Crippen molar-refractivity contribution in [2.24, 2.45) is 10.9 Å². The van der Waals surface area contributed by atoms with Crippen LogP contribution < -0.4 is 10.6 Å². The predicted molar refractivity (Wildman–Crippen MR) is 94.6 cm³/mol. The van der Waals surface area contributed by atoms with Crippen LogP contribution in [-0.2, 0) is 11.3 Å². The third-order valence-corrected chi connectivity index (χ3v) is 4.62. The summed E-state index contributed by atoms with van der Waals surface area (Å²) in [7, 11) is 0. The first-order chi connectivity index (χ1) is 11.0. The van der Waals surface area contributed by atoms with Gasteiger partial charge in [-0.2, -0.15) is 0 Å². The van der Waals surface area contributed by atoms with Gasteiger partial charge in [0.1, 0.15) is 5.01 Å². The van der Waals surface area contributed by atoms with Gasteiger partial charge in [-0.05, 0) is 20.3 Å². The zero-order valence-corrected chi connectivity index (χ0v) is 15.2. The van der Waals surface area contributed by atoms with Crippen LogP contribution in [0.25, 0.3) is 0 Å². The van der Waals surface area contributed by atoms with Gasteiger partial charge < -0.3 is 15.5 Å². The van der Waals surface area contributed by atoms with Crippen LogP contribution in [0.1, 0.15) is 37.1 Å². The molecule has 0 spiro atoms. The second-order valence-corrected chi connectivity index (χ2v) is 7.45. The van der Waals surface area contributed by atoms with Crippen LogP contribution in [0.2, 0.25) is 0 Å². The Balaban J connectivity index is 1.90. The highest BCUT2D eigenvalue weighted by Crippen LogP contribution is 2.14. The largest absolute Gasteiger partial charge is 0.357 e. The van der Waals surface area contributed by atoms with Crippen molar-refractivity contribution in [1.29, 1.82) is 0 Å². The van der Waals surface area contributed by atoms with Crippen molar-refractivity contribution in [3.05, 3.63) is 16.1 Å². The highest BCUT2D eigenvalue weighted by Gasteiger charge is 2.27. The molecular formula is C16H27N5OS. The average molecular weight is 337 g/mol. The maximum Gasteiger partial charge on any atom is 0.225 e. The number of amides is 1. The van der Waals surface area contributed by atoms with E-state index < -0.39 is 0 Å². The van der Waals surface area contributed by atoms with Crippen LogP contribution in [0, 0.1) is 12.8 Å². The van der Waals surface area contributed by atoms with Gasteiger partial charge in [-0.1, -0.05) is 13.8 Å². The number of nitrogens with one attached hydrogen (secondary N) is 2. The van der Waals surface area contributed by atoms with E-state index in [2.05, 4.69) is 20.6 Å². The first-order valence-corrected chi connectivity index (χ1v) is 9.06. The Morgan fingerprint density at radius 2 is 2.35 bits per heavy atom. The molecule has 7 heteroatoms. The molecule has 1 unspecified atom stereocenters. The van der Waals surface area contributed by atoms with Gasteiger partial charge in [0.05, 0.1) is 6.54 Å². The van der Waals surface area contributed by atoms with Gasteiger partial charge >= 0.3 is 0 Å². The Morgan fingerprint density at radius 1 is 1.57 bits per heavy atom. The van der Waals surface area contributed by atoms with Gasteiger partial charge in [-0.3, -0.25) is 4.79 Å². The summed E-state index contributed by atoms with van der Waals surface area (Å²) < 4.78 is 0. The van der Waals surface area contributed by atoms with Crippen LogP contribution in [-0.4, -0.2) is 47.4 Å². The quantitative estimate of drug-likeness (QED) is 0.634. The Kier molecular flexibility index (Phi) is 6.38. The number of nitrogens with zero attached hydrogens (tertiary/aromatic N) is 3. The van der Waals surface area contributed by atoms with Crippen molar-refractivity contribution in [2.45, 2.75) is 46.7 Å². The van der Waals surface area contributed by atoms with Crippen LogP contribution in [0.3, 0.4) is 0 Å². The lowest BCUT2D eigenvalue weighted by molar-refractivity contribution is -0.133.